The van der Waals surface area contributed by atoms with Crippen LogP contribution >= 0.6 is 0 Å². The second-order valence-corrected chi connectivity index (χ2v) is 6.42. The lowest BCUT2D eigenvalue weighted by molar-refractivity contribution is -0.150. The first-order valence-electron chi connectivity index (χ1n) is 7.76. The largest absolute Gasteiger partial charge is 0.481 e. The van der Waals surface area contributed by atoms with Crippen LogP contribution in [0.3, 0.4) is 0 Å². The molecule has 1 aliphatic rings. The second kappa shape index (κ2) is 6.07. The minimum absolute atomic E-state index is 0.0797. The lowest BCUT2D eigenvalue weighted by atomic mass is 9.81. The summed E-state index contributed by atoms with van der Waals surface area (Å²) in [6, 6.07) is 11.9. The predicted octanol–water partition coefficient (Wildman–Crippen LogP) is 3.33. The molecule has 0 unspecified atom stereocenters. The van der Waals surface area contributed by atoms with Gasteiger partial charge in [-0.3, -0.25) is 9.59 Å². The maximum Gasteiger partial charge on any atom is 0.310 e. The number of anilines is 1. The number of halogens is 1. The fraction of sp³-hybridized carbons (Fsp3) is 0.263. The molecule has 0 radical (unpaired) electrons. The number of fused-ring (bicyclic) bond motifs is 1. The minimum atomic E-state index is -1.17. The Morgan fingerprint density at radius 2 is 1.79 bits per heavy atom. The van der Waals surface area contributed by atoms with E-state index in [4.69, 9.17) is 0 Å². The van der Waals surface area contributed by atoms with Crippen molar-refractivity contribution in [3.8, 4) is 0 Å². The van der Waals surface area contributed by atoms with Crippen molar-refractivity contribution in [1.82, 2.24) is 0 Å². The maximum atomic E-state index is 13.8. The summed E-state index contributed by atoms with van der Waals surface area (Å²) in [4.78, 5) is 24.2. The standard InChI is InChI=1S/C19H18FNO3/c1-12-6-7-15(20)16(8-12)21-17(22)11-19(18(23)24)9-13-4-2-3-5-14(13)10-19/h2-8H,9-11H2,1H3,(H,21,22)(H,23,24). The molecule has 1 aliphatic carbocycles. The number of nitrogens with one attached hydrogen (secondary N) is 1. The van der Waals surface area contributed by atoms with Crippen LogP contribution in [0.4, 0.5) is 10.1 Å². The fourth-order valence-corrected chi connectivity index (χ4v) is 3.28. The summed E-state index contributed by atoms with van der Waals surface area (Å²) in [5.74, 6) is -2.03. The molecule has 0 saturated heterocycles. The Morgan fingerprint density at radius 1 is 1.17 bits per heavy atom. The number of aryl methyl sites for hydroxylation is 1. The van der Waals surface area contributed by atoms with Crippen molar-refractivity contribution in [1.29, 1.82) is 0 Å². The van der Waals surface area contributed by atoms with Crippen LogP contribution in [0, 0.1) is 18.2 Å². The van der Waals surface area contributed by atoms with E-state index in [1.165, 1.54) is 12.1 Å². The Labute approximate surface area is 139 Å². The van der Waals surface area contributed by atoms with Crippen molar-refractivity contribution in [2.24, 2.45) is 5.41 Å². The van der Waals surface area contributed by atoms with Crippen LogP contribution in [0.5, 0.6) is 0 Å². The van der Waals surface area contributed by atoms with Crippen molar-refractivity contribution >= 4 is 17.6 Å². The third-order valence-corrected chi connectivity index (χ3v) is 4.52. The molecule has 2 aromatic rings. The highest BCUT2D eigenvalue weighted by atomic mass is 19.1. The van der Waals surface area contributed by atoms with Crippen molar-refractivity contribution in [2.45, 2.75) is 26.2 Å². The van der Waals surface area contributed by atoms with Gasteiger partial charge in [0.2, 0.25) is 5.91 Å². The van der Waals surface area contributed by atoms with Gasteiger partial charge < -0.3 is 10.4 Å². The molecule has 0 spiro atoms. The maximum absolute atomic E-state index is 13.8. The topological polar surface area (TPSA) is 66.4 Å². The number of carbonyl (C=O) groups is 2. The first kappa shape index (κ1) is 16.2. The van der Waals surface area contributed by atoms with E-state index >= 15 is 0 Å². The van der Waals surface area contributed by atoms with Gasteiger partial charge in [0.05, 0.1) is 11.1 Å². The van der Waals surface area contributed by atoms with Crippen molar-refractivity contribution < 1.29 is 19.1 Å². The monoisotopic (exact) mass is 327 g/mol. The molecule has 0 heterocycles. The molecule has 24 heavy (non-hydrogen) atoms. The number of amides is 1. The number of aliphatic carboxylic acids is 1. The zero-order chi connectivity index (χ0) is 17.3. The van der Waals surface area contributed by atoms with Gasteiger partial charge in [0, 0.05) is 6.42 Å². The highest BCUT2D eigenvalue weighted by Gasteiger charge is 2.45. The molecule has 2 N–H and O–H groups in total. The van der Waals surface area contributed by atoms with E-state index in [1.54, 1.807) is 13.0 Å². The molecule has 1 amide bonds. The molecular weight excluding hydrogens is 309 g/mol. The zero-order valence-corrected chi connectivity index (χ0v) is 13.3. The SMILES string of the molecule is Cc1ccc(F)c(NC(=O)CC2(C(=O)O)Cc3ccccc3C2)c1. The number of carbonyl (C=O) groups excluding carboxylic acids is 1. The van der Waals surface area contributed by atoms with Gasteiger partial charge in [0.1, 0.15) is 5.82 Å². The molecular formula is C19H18FNO3. The van der Waals surface area contributed by atoms with Gasteiger partial charge in [-0.25, -0.2) is 4.39 Å². The third kappa shape index (κ3) is 3.02. The smallest absolute Gasteiger partial charge is 0.310 e. The van der Waals surface area contributed by atoms with Gasteiger partial charge in [0.15, 0.2) is 0 Å². The average molecular weight is 327 g/mol. The van der Waals surface area contributed by atoms with E-state index in [-0.39, 0.29) is 12.1 Å². The van der Waals surface area contributed by atoms with Gasteiger partial charge in [0.25, 0.3) is 0 Å². The Morgan fingerprint density at radius 3 is 2.38 bits per heavy atom. The molecule has 3 rings (SSSR count). The molecule has 0 saturated carbocycles. The van der Waals surface area contributed by atoms with Crippen LogP contribution in [0.1, 0.15) is 23.1 Å². The van der Waals surface area contributed by atoms with Gasteiger partial charge in [-0.1, -0.05) is 30.3 Å². The lowest BCUT2D eigenvalue weighted by Crippen LogP contribution is -2.36. The van der Waals surface area contributed by atoms with E-state index in [0.29, 0.717) is 12.8 Å². The predicted molar refractivity (Wildman–Crippen MR) is 88.3 cm³/mol. The lowest BCUT2D eigenvalue weighted by Gasteiger charge is -2.23. The number of benzene rings is 2. The van der Waals surface area contributed by atoms with E-state index in [1.807, 2.05) is 24.3 Å². The first-order valence-corrected chi connectivity index (χ1v) is 7.76. The molecule has 5 heteroatoms. The summed E-state index contributed by atoms with van der Waals surface area (Å²) < 4.78 is 13.8. The normalized spacial score (nSPS) is 14.9. The first-order chi connectivity index (χ1) is 11.4. The van der Waals surface area contributed by atoms with Gasteiger partial charge in [-0.2, -0.15) is 0 Å². The van der Waals surface area contributed by atoms with Crippen molar-refractivity contribution in [2.75, 3.05) is 5.32 Å². The zero-order valence-electron chi connectivity index (χ0n) is 13.3. The van der Waals surface area contributed by atoms with E-state index in [0.717, 1.165) is 16.7 Å². The van der Waals surface area contributed by atoms with Crippen LogP contribution in [0.2, 0.25) is 0 Å². The van der Waals surface area contributed by atoms with Crippen LogP contribution in [-0.2, 0) is 22.4 Å². The molecule has 124 valence electrons. The quantitative estimate of drug-likeness (QED) is 0.905. The Kier molecular flexibility index (Phi) is 4.09. The molecule has 0 aliphatic heterocycles. The number of carboxylic acids is 1. The van der Waals surface area contributed by atoms with E-state index < -0.39 is 23.1 Å². The molecule has 0 atom stereocenters. The molecule has 0 aromatic heterocycles. The third-order valence-electron chi connectivity index (χ3n) is 4.52. The van der Waals surface area contributed by atoms with Gasteiger partial charge >= 0.3 is 5.97 Å². The summed E-state index contributed by atoms with van der Waals surface area (Å²) in [7, 11) is 0. The summed E-state index contributed by atoms with van der Waals surface area (Å²) in [6.45, 7) is 1.79. The number of carboxylic acid groups (broad SMARTS) is 1. The molecule has 0 bridgehead atoms. The average Bonchev–Trinajstić information content (AvgIpc) is 2.90. The molecule has 4 nitrogen and oxygen atoms in total. The second-order valence-electron chi connectivity index (χ2n) is 6.42. The molecule has 0 fully saturated rings. The fourth-order valence-electron chi connectivity index (χ4n) is 3.28. The minimum Gasteiger partial charge on any atom is -0.481 e. The van der Waals surface area contributed by atoms with Crippen LogP contribution in [-0.4, -0.2) is 17.0 Å². The van der Waals surface area contributed by atoms with Gasteiger partial charge in [-0.05, 0) is 48.6 Å². The Hall–Kier alpha value is -2.69. The summed E-state index contributed by atoms with van der Waals surface area (Å²) in [5.41, 5.74) is 1.63. The summed E-state index contributed by atoms with van der Waals surface area (Å²) in [6.07, 6.45) is 0.425. The van der Waals surface area contributed by atoms with Crippen LogP contribution < -0.4 is 5.32 Å². The summed E-state index contributed by atoms with van der Waals surface area (Å²) >= 11 is 0. The number of rotatable bonds is 4. The molecule has 2 aromatic carbocycles. The van der Waals surface area contributed by atoms with Crippen LogP contribution in [0.15, 0.2) is 42.5 Å². The Bertz CT molecular complexity index is 791. The number of hydrogen-bond donors (Lipinski definition) is 2. The van der Waals surface area contributed by atoms with Gasteiger partial charge in [-0.15, -0.1) is 0 Å². The van der Waals surface area contributed by atoms with Crippen molar-refractivity contribution in [3.05, 3.63) is 65.0 Å². The van der Waals surface area contributed by atoms with Crippen molar-refractivity contribution in [3.63, 3.8) is 0 Å². The highest BCUT2D eigenvalue weighted by Crippen LogP contribution is 2.40. The Balaban J connectivity index is 1.79. The number of hydrogen-bond acceptors (Lipinski definition) is 2. The summed E-state index contributed by atoms with van der Waals surface area (Å²) in [5, 5.41) is 12.2. The highest BCUT2D eigenvalue weighted by molar-refractivity contribution is 5.95. The van der Waals surface area contributed by atoms with Crippen LogP contribution in [0.25, 0.3) is 0 Å². The van der Waals surface area contributed by atoms with E-state index in [9.17, 15) is 19.1 Å². The van der Waals surface area contributed by atoms with E-state index in [2.05, 4.69) is 5.32 Å².